The molecule has 0 aliphatic rings. The maximum Gasteiger partial charge on any atom is 0.0784 e. The predicted molar refractivity (Wildman–Crippen MR) is 60.7 cm³/mol. The first-order valence-corrected chi connectivity index (χ1v) is 6.43. The van der Waals surface area contributed by atoms with Crippen LogP contribution in [0.25, 0.3) is 11.1 Å². The van der Waals surface area contributed by atoms with Crippen molar-refractivity contribution in [3.63, 3.8) is 0 Å². The summed E-state index contributed by atoms with van der Waals surface area (Å²) >= 11 is 10.2. The van der Waals surface area contributed by atoms with Crippen LogP contribution in [0.5, 0.6) is 0 Å². The van der Waals surface area contributed by atoms with Crippen LogP contribution in [0.1, 0.15) is 0 Å². The molecule has 0 N–H and O–H groups in total. The van der Waals surface area contributed by atoms with E-state index in [0.717, 1.165) is 18.7 Å². The number of rotatable bonds is 1. The molecule has 2 rings (SSSR count). The highest BCUT2D eigenvalue weighted by Crippen LogP contribution is 2.38. The van der Waals surface area contributed by atoms with E-state index in [1.54, 1.807) is 22.7 Å². The van der Waals surface area contributed by atoms with Gasteiger partial charge in [0, 0.05) is 34.0 Å². The number of halogens is 2. The van der Waals surface area contributed by atoms with Crippen LogP contribution in [0.4, 0.5) is 0 Å². The van der Waals surface area contributed by atoms with Gasteiger partial charge in [-0.05, 0) is 31.9 Å². The Morgan fingerprint density at radius 2 is 1.33 bits per heavy atom. The first-order chi connectivity index (χ1) is 5.79. The van der Waals surface area contributed by atoms with Crippen molar-refractivity contribution in [3.05, 3.63) is 30.5 Å². The third-order valence-electron chi connectivity index (χ3n) is 1.37. The summed E-state index contributed by atoms with van der Waals surface area (Å²) in [7, 11) is 0. The Hall–Kier alpha value is 0.360. The topological polar surface area (TPSA) is 0 Å². The van der Waals surface area contributed by atoms with Gasteiger partial charge in [0.1, 0.15) is 0 Å². The molecule has 0 saturated carbocycles. The molecule has 0 aliphatic heterocycles. The maximum atomic E-state index is 3.47. The highest BCUT2D eigenvalue weighted by molar-refractivity contribution is 9.11. The Morgan fingerprint density at radius 1 is 0.917 bits per heavy atom. The van der Waals surface area contributed by atoms with E-state index in [4.69, 9.17) is 0 Å². The molecule has 0 aliphatic carbocycles. The van der Waals surface area contributed by atoms with Gasteiger partial charge in [-0.2, -0.15) is 0 Å². The van der Waals surface area contributed by atoms with Crippen molar-refractivity contribution in [3.8, 4) is 11.1 Å². The number of hydrogen-bond donors (Lipinski definition) is 0. The Morgan fingerprint density at radius 3 is 1.58 bits per heavy atom. The van der Waals surface area contributed by atoms with Crippen LogP contribution in [0.3, 0.4) is 0 Å². The van der Waals surface area contributed by atoms with Crippen LogP contribution in [0.2, 0.25) is 0 Å². The molecule has 60 valence electrons. The summed E-state index contributed by atoms with van der Waals surface area (Å²) in [5.74, 6) is 0. The molecule has 2 heterocycles. The highest BCUT2D eigenvalue weighted by atomic mass is 79.9. The van der Waals surface area contributed by atoms with Gasteiger partial charge in [0.25, 0.3) is 0 Å². The first-order valence-electron chi connectivity index (χ1n) is 3.08. The Balaban J connectivity index is 2.57. The standard InChI is InChI=1S/C8H2Br2S2/c9-7-5(1-3-11-7)6-2-4-12-8(6)10/h3-4H. The maximum absolute atomic E-state index is 3.47. The summed E-state index contributed by atoms with van der Waals surface area (Å²) in [6.45, 7) is 0. The molecule has 0 nitrogen and oxygen atoms in total. The van der Waals surface area contributed by atoms with Crippen molar-refractivity contribution in [2.75, 3.05) is 0 Å². The van der Waals surface area contributed by atoms with Crippen LogP contribution in [-0.2, 0) is 0 Å². The fourth-order valence-electron chi connectivity index (χ4n) is 0.852. The first kappa shape index (κ1) is 8.94. The van der Waals surface area contributed by atoms with Gasteiger partial charge in [-0.15, -0.1) is 22.7 Å². The van der Waals surface area contributed by atoms with Gasteiger partial charge < -0.3 is 0 Å². The lowest BCUT2D eigenvalue weighted by Crippen LogP contribution is -1.69. The van der Waals surface area contributed by atoms with Crippen molar-refractivity contribution >= 4 is 54.5 Å². The average molecular weight is 322 g/mol. The Labute approximate surface area is 95.5 Å². The molecule has 0 unspecified atom stereocenters. The van der Waals surface area contributed by atoms with E-state index in [2.05, 4.69) is 44.0 Å². The van der Waals surface area contributed by atoms with Crippen LogP contribution in [0.15, 0.2) is 18.3 Å². The van der Waals surface area contributed by atoms with Crippen LogP contribution < -0.4 is 0 Å². The molecule has 12 heavy (non-hydrogen) atoms. The van der Waals surface area contributed by atoms with E-state index in [9.17, 15) is 0 Å². The largest absolute Gasteiger partial charge is 0.135 e. The highest BCUT2D eigenvalue weighted by Gasteiger charge is 2.09. The zero-order chi connectivity index (χ0) is 8.55. The molecule has 0 aromatic carbocycles. The molecular formula is C8H2Br2S2. The fourth-order valence-corrected chi connectivity index (χ4v) is 3.16. The Bertz CT molecular complexity index is 351. The minimum absolute atomic E-state index is 1.09. The summed E-state index contributed by atoms with van der Waals surface area (Å²) in [4.78, 5) is 0. The molecule has 0 bridgehead atoms. The van der Waals surface area contributed by atoms with E-state index in [0.29, 0.717) is 0 Å². The van der Waals surface area contributed by atoms with E-state index in [1.807, 2.05) is 10.8 Å². The van der Waals surface area contributed by atoms with Crippen molar-refractivity contribution < 1.29 is 0 Å². The van der Waals surface area contributed by atoms with Gasteiger partial charge in [-0.1, -0.05) is 0 Å². The SMILES string of the molecule is Brc1sc[c]c1-c1[c]csc1Br. The summed E-state index contributed by atoms with van der Waals surface area (Å²) in [5, 5.41) is 3.88. The molecule has 2 radical (unpaired) electrons. The molecule has 4 heteroatoms. The zero-order valence-electron chi connectivity index (χ0n) is 5.73. The van der Waals surface area contributed by atoms with Crippen molar-refractivity contribution in [2.45, 2.75) is 0 Å². The lowest BCUT2D eigenvalue weighted by molar-refractivity contribution is 1.75. The monoisotopic (exact) mass is 320 g/mol. The second-order valence-corrected chi connectivity index (χ2v) is 6.45. The average Bonchev–Trinajstić information content (AvgIpc) is 2.59. The Kier molecular flexibility index (Phi) is 2.69. The molecular weight excluding hydrogens is 320 g/mol. The molecule has 0 fully saturated rings. The summed E-state index contributed by atoms with van der Waals surface area (Å²) < 4.78 is 2.22. The minimum atomic E-state index is 1.09. The quantitative estimate of drug-likeness (QED) is 0.720. The van der Waals surface area contributed by atoms with E-state index in [1.165, 1.54) is 0 Å². The summed E-state index contributed by atoms with van der Waals surface area (Å²) in [6.07, 6.45) is 0. The van der Waals surface area contributed by atoms with E-state index in [-0.39, 0.29) is 0 Å². The summed E-state index contributed by atoms with van der Waals surface area (Å²) in [5.41, 5.74) is 2.18. The molecule has 0 saturated heterocycles. The minimum Gasteiger partial charge on any atom is -0.135 e. The van der Waals surface area contributed by atoms with Gasteiger partial charge in [0.15, 0.2) is 0 Å². The lowest BCUT2D eigenvalue weighted by atomic mass is 10.2. The van der Waals surface area contributed by atoms with Gasteiger partial charge in [-0.3, -0.25) is 0 Å². The van der Waals surface area contributed by atoms with Gasteiger partial charge in [0.2, 0.25) is 0 Å². The van der Waals surface area contributed by atoms with E-state index >= 15 is 0 Å². The fraction of sp³-hybridized carbons (Fsp3) is 0. The predicted octanol–water partition coefficient (Wildman–Crippen LogP) is 4.60. The van der Waals surface area contributed by atoms with Crippen molar-refractivity contribution in [1.82, 2.24) is 0 Å². The molecule has 2 aromatic heterocycles. The van der Waals surface area contributed by atoms with Gasteiger partial charge in [0.05, 0.1) is 7.57 Å². The van der Waals surface area contributed by atoms with Crippen LogP contribution in [0, 0.1) is 12.1 Å². The van der Waals surface area contributed by atoms with E-state index < -0.39 is 0 Å². The number of thiophene rings is 2. The lowest BCUT2D eigenvalue weighted by Gasteiger charge is -1.93. The third-order valence-corrected chi connectivity index (χ3v) is 4.58. The second kappa shape index (κ2) is 3.62. The van der Waals surface area contributed by atoms with Crippen molar-refractivity contribution in [1.29, 1.82) is 0 Å². The van der Waals surface area contributed by atoms with Crippen LogP contribution >= 0.6 is 54.5 Å². The summed E-state index contributed by atoms with van der Waals surface area (Å²) in [6, 6.07) is 6.33. The zero-order valence-corrected chi connectivity index (χ0v) is 10.5. The van der Waals surface area contributed by atoms with Gasteiger partial charge >= 0.3 is 0 Å². The van der Waals surface area contributed by atoms with Crippen molar-refractivity contribution in [2.24, 2.45) is 0 Å². The van der Waals surface area contributed by atoms with Crippen LogP contribution in [-0.4, -0.2) is 0 Å². The smallest absolute Gasteiger partial charge is 0.0784 e. The molecule has 2 aromatic rings. The van der Waals surface area contributed by atoms with Gasteiger partial charge in [-0.25, -0.2) is 0 Å². The molecule has 0 spiro atoms. The second-order valence-electron chi connectivity index (χ2n) is 2.06. The third kappa shape index (κ3) is 1.53. The number of hydrogen-bond acceptors (Lipinski definition) is 2. The molecule has 0 amide bonds. The normalized spacial score (nSPS) is 10.5. The molecule has 0 atom stereocenters.